The molecule has 2 bridgehead atoms. The van der Waals surface area contributed by atoms with Crippen LogP contribution in [0.25, 0.3) is 0 Å². The van der Waals surface area contributed by atoms with E-state index in [1.54, 1.807) is 0 Å². The molecular formula is C27H37ClN6O3S. The molecular weight excluding hydrogens is 524 g/mol. The minimum atomic E-state index is -3.44. The number of hydrogen-bond donors (Lipinski definition) is 1. The van der Waals surface area contributed by atoms with E-state index in [0.29, 0.717) is 13.1 Å². The first-order valence-corrected chi connectivity index (χ1v) is 16.1. The van der Waals surface area contributed by atoms with Crippen LogP contribution in [-0.2, 0) is 16.6 Å². The molecule has 1 aromatic heterocycles. The molecule has 4 fully saturated rings. The summed E-state index contributed by atoms with van der Waals surface area (Å²) >= 11 is 6.49. The van der Waals surface area contributed by atoms with E-state index in [1.165, 1.54) is 53.9 Å². The Morgan fingerprint density at radius 1 is 1.11 bits per heavy atom. The van der Waals surface area contributed by atoms with E-state index in [1.807, 2.05) is 11.0 Å². The molecule has 1 amide bonds. The van der Waals surface area contributed by atoms with Gasteiger partial charge in [-0.15, -0.1) is 5.10 Å². The second-order valence-corrected chi connectivity index (χ2v) is 13.9. The van der Waals surface area contributed by atoms with Crippen LogP contribution in [0.2, 0.25) is 5.02 Å². The number of nitrogens with one attached hydrogen (secondary N) is 1. The molecule has 1 N–H and O–H groups in total. The fourth-order valence-corrected chi connectivity index (χ4v) is 7.97. The minimum absolute atomic E-state index is 0.0989. The molecule has 1 saturated carbocycles. The van der Waals surface area contributed by atoms with E-state index in [9.17, 15) is 13.2 Å². The van der Waals surface area contributed by atoms with Crippen molar-refractivity contribution in [1.82, 2.24) is 19.6 Å². The number of nitrogens with zero attached hydrogens (tertiary/aromatic N) is 5. The summed E-state index contributed by atoms with van der Waals surface area (Å²) in [6, 6.07) is 7.70. The predicted molar refractivity (Wildman–Crippen MR) is 149 cm³/mol. The molecule has 3 aliphatic heterocycles. The largest absolute Gasteiger partial charge is 0.371 e. The van der Waals surface area contributed by atoms with Crippen LogP contribution in [0.3, 0.4) is 0 Å². The molecule has 0 radical (unpaired) electrons. The summed E-state index contributed by atoms with van der Waals surface area (Å²) in [4.78, 5) is 20.2. The van der Waals surface area contributed by atoms with Crippen LogP contribution in [0, 0.1) is 11.8 Å². The molecule has 4 heterocycles. The molecule has 3 saturated heterocycles. The molecule has 1 aromatic carbocycles. The van der Waals surface area contributed by atoms with Crippen LogP contribution in [-0.4, -0.2) is 78.5 Å². The number of fused-ring (bicyclic) bond motifs is 2. The number of anilines is 2. The maximum atomic E-state index is 13.1. The minimum Gasteiger partial charge on any atom is -0.371 e. The third-order valence-corrected chi connectivity index (χ3v) is 9.95. The first-order chi connectivity index (χ1) is 18.2. The van der Waals surface area contributed by atoms with Gasteiger partial charge in [0.1, 0.15) is 0 Å². The van der Waals surface area contributed by atoms with Gasteiger partial charge in [0.05, 0.1) is 6.26 Å². The Labute approximate surface area is 230 Å². The third kappa shape index (κ3) is 5.27. The Bertz CT molecular complexity index is 1290. The predicted octanol–water partition coefficient (Wildman–Crippen LogP) is 4.24. The Hall–Kier alpha value is -2.30. The van der Waals surface area contributed by atoms with Crippen molar-refractivity contribution in [3.63, 3.8) is 0 Å². The van der Waals surface area contributed by atoms with Gasteiger partial charge < -0.3 is 9.80 Å². The molecule has 4 aliphatic rings. The number of sulfonamides is 1. The van der Waals surface area contributed by atoms with E-state index in [4.69, 9.17) is 11.6 Å². The highest BCUT2D eigenvalue weighted by molar-refractivity contribution is 7.92. The summed E-state index contributed by atoms with van der Waals surface area (Å²) in [6.45, 7) is 5.58. The lowest BCUT2D eigenvalue weighted by atomic mass is 9.84. The number of piperidine rings is 2. The van der Waals surface area contributed by atoms with E-state index in [0.717, 1.165) is 68.6 Å². The van der Waals surface area contributed by atoms with Crippen molar-refractivity contribution in [2.45, 2.75) is 57.0 Å². The average Bonchev–Trinajstić information content (AvgIpc) is 3.58. The average molecular weight is 561 g/mol. The van der Waals surface area contributed by atoms with Crippen LogP contribution >= 0.6 is 11.6 Å². The molecule has 9 nitrogen and oxygen atoms in total. The molecule has 11 heteroatoms. The highest BCUT2D eigenvalue weighted by Gasteiger charge is 2.44. The van der Waals surface area contributed by atoms with E-state index >= 15 is 0 Å². The first kappa shape index (κ1) is 26.0. The Morgan fingerprint density at radius 3 is 2.55 bits per heavy atom. The van der Waals surface area contributed by atoms with Crippen molar-refractivity contribution in [3.05, 3.63) is 41.0 Å². The molecule has 1 spiro atoms. The number of carbonyl (C=O) groups excluding carboxylic acids is 1. The number of benzene rings is 1. The Morgan fingerprint density at radius 2 is 1.84 bits per heavy atom. The number of aromatic nitrogens is 2. The fourth-order valence-electron chi connectivity index (χ4n) is 7.32. The van der Waals surface area contributed by atoms with Crippen LogP contribution < -0.4 is 9.62 Å². The van der Waals surface area contributed by atoms with E-state index < -0.39 is 10.0 Å². The highest BCUT2D eigenvalue weighted by Crippen LogP contribution is 2.43. The summed E-state index contributed by atoms with van der Waals surface area (Å²) in [5, 5.41) is 4.92. The molecule has 0 unspecified atom stereocenters. The quantitative estimate of drug-likeness (QED) is 0.588. The number of halogens is 1. The van der Waals surface area contributed by atoms with Gasteiger partial charge in [0, 0.05) is 61.2 Å². The van der Waals surface area contributed by atoms with Gasteiger partial charge >= 0.3 is 6.03 Å². The molecule has 206 valence electrons. The molecule has 6 rings (SSSR count). The van der Waals surface area contributed by atoms with E-state index in [-0.39, 0.29) is 17.4 Å². The summed E-state index contributed by atoms with van der Waals surface area (Å²) in [5.41, 5.74) is 2.76. The monoisotopic (exact) mass is 560 g/mol. The SMILES string of the molecule is CS(=O)(=O)Nc1ccn(C(=O)N2CCC3(CCCN3Cc3ccc(Cl)cc3N3C[C@@H]4CC[C@@H](C4)C3)CC2)n1. The van der Waals surface area contributed by atoms with E-state index in [2.05, 4.69) is 31.8 Å². The van der Waals surface area contributed by atoms with Crippen molar-refractivity contribution in [3.8, 4) is 0 Å². The van der Waals surface area contributed by atoms with Gasteiger partial charge in [-0.05, 0) is 81.0 Å². The highest BCUT2D eigenvalue weighted by atomic mass is 35.5. The second kappa shape index (κ2) is 10.0. The van der Waals surface area contributed by atoms with Gasteiger partial charge in [-0.25, -0.2) is 13.2 Å². The lowest BCUT2D eigenvalue weighted by Crippen LogP contribution is -2.53. The number of hydrogen-bond acceptors (Lipinski definition) is 6. The van der Waals surface area contributed by atoms with Crippen molar-refractivity contribution < 1.29 is 13.2 Å². The normalized spacial score (nSPS) is 25.3. The van der Waals surface area contributed by atoms with Gasteiger partial charge in [0.25, 0.3) is 0 Å². The fraction of sp³-hybridized carbons (Fsp3) is 0.630. The lowest BCUT2D eigenvalue weighted by molar-refractivity contribution is 0.0585. The Balaban J connectivity index is 1.13. The standard InChI is InChI=1S/C27H37ClN6O3S/c1-38(36,37)30-25-7-12-34(29-25)26(35)31-13-9-27(10-14-31)8-2-11-33(27)19-22-5-6-23(28)16-24(22)32-17-20-3-4-21(15-20)18-32/h5-7,12,16,20-21H,2-4,8-11,13-15,17-19H2,1H3,(H,29,30)/t20-,21+. The molecule has 1 aliphatic carbocycles. The van der Waals surface area contributed by atoms with Gasteiger partial charge in [-0.3, -0.25) is 9.62 Å². The maximum absolute atomic E-state index is 13.1. The summed E-state index contributed by atoms with van der Waals surface area (Å²) in [6.07, 6.45) is 10.8. The number of rotatable bonds is 5. The number of amides is 1. The van der Waals surface area contributed by atoms with Crippen molar-refractivity contribution >= 4 is 39.2 Å². The van der Waals surface area contributed by atoms with Crippen LogP contribution in [0.15, 0.2) is 30.5 Å². The summed E-state index contributed by atoms with van der Waals surface area (Å²) in [5.74, 6) is 1.78. The second-order valence-electron chi connectivity index (χ2n) is 11.8. The summed E-state index contributed by atoms with van der Waals surface area (Å²) in [7, 11) is -3.44. The smallest absolute Gasteiger partial charge is 0.344 e. The molecule has 2 aromatic rings. The molecule has 2 atom stereocenters. The maximum Gasteiger partial charge on any atom is 0.344 e. The first-order valence-electron chi connectivity index (χ1n) is 13.8. The van der Waals surface area contributed by atoms with Gasteiger partial charge in [-0.1, -0.05) is 17.7 Å². The number of carbonyl (C=O) groups is 1. The van der Waals surface area contributed by atoms with Gasteiger partial charge in [0.2, 0.25) is 10.0 Å². The van der Waals surface area contributed by atoms with Crippen molar-refractivity contribution in [2.75, 3.05) is 48.6 Å². The van der Waals surface area contributed by atoms with Crippen molar-refractivity contribution in [2.24, 2.45) is 11.8 Å². The van der Waals surface area contributed by atoms with Gasteiger partial charge in [-0.2, -0.15) is 4.68 Å². The number of likely N-dealkylation sites (tertiary alicyclic amines) is 2. The summed E-state index contributed by atoms with van der Waals surface area (Å²) < 4.78 is 26.5. The zero-order valence-electron chi connectivity index (χ0n) is 22.0. The molecule has 38 heavy (non-hydrogen) atoms. The topological polar surface area (TPSA) is 90.8 Å². The van der Waals surface area contributed by atoms with Crippen LogP contribution in [0.5, 0.6) is 0 Å². The lowest BCUT2D eigenvalue weighted by Gasteiger charge is -2.45. The van der Waals surface area contributed by atoms with Gasteiger partial charge in [0.15, 0.2) is 5.82 Å². The van der Waals surface area contributed by atoms with Crippen molar-refractivity contribution in [1.29, 1.82) is 0 Å². The van der Waals surface area contributed by atoms with Crippen LogP contribution in [0.1, 0.15) is 50.5 Å². The Kier molecular flexibility index (Phi) is 6.85. The zero-order chi connectivity index (χ0) is 26.5. The third-order valence-electron chi connectivity index (χ3n) is 9.14. The zero-order valence-corrected chi connectivity index (χ0v) is 23.6. The van der Waals surface area contributed by atoms with Crippen LogP contribution in [0.4, 0.5) is 16.3 Å².